The number of carbonyl (C=O) groups is 1. The molecule has 0 aliphatic carbocycles. The summed E-state index contributed by atoms with van der Waals surface area (Å²) in [5.74, 6) is -0.615. The van der Waals surface area contributed by atoms with Gasteiger partial charge in [-0.25, -0.2) is 9.67 Å². The van der Waals surface area contributed by atoms with Crippen LogP contribution in [-0.4, -0.2) is 27.3 Å². The first kappa shape index (κ1) is 23.5. The Morgan fingerprint density at radius 2 is 1.62 bits per heavy atom. The van der Waals surface area contributed by atoms with E-state index >= 15 is 0 Å². The van der Waals surface area contributed by atoms with Gasteiger partial charge in [-0.05, 0) is 25.1 Å². The van der Waals surface area contributed by atoms with Crippen molar-refractivity contribution in [1.29, 1.82) is 5.26 Å². The molecule has 1 amide bonds. The van der Waals surface area contributed by atoms with Gasteiger partial charge in [-0.2, -0.15) is 10.4 Å². The van der Waals surface area contributed by atoms with E-state index in [0.717, 1.165) is 27.9 Å². The van der Waals surface area contributed by atoms with Crippen LogP contribution in [0.3, 0.4) is 0 Å². The van der Waals surface area contributed by atoms with Crippen molar-refractivity contribution in [3.8, 4) is 51.3 Å². The average molecular weight is 486 g/mol. The van der Waals surface area contributed by atoms with E-state index in [1.807, 2.05) is 104 Å². The number of nitrogens with zero attached hydrogens (tertiary/aromatic N) is 4. The number of nitrogens with two attached hydrogens (primary N) is 1. The first-order chi connectivity index (χ1) is 18.0. The lowest BCUT2D eigenvalue weighted by molar-refractivity contribution is -0.120. The molecule has 0 aliphatic heterocycles. The third-order valence-corrected chi connectivity index (χ3v) is 5.87. The van der Waals surface area contributed by atoms with Crippen molar-refractivity contribution in [3.05, 3.63) is 108 Å². The van der Waals surface area contributed by atoms with E-state index < -0.39 is 12.5 Å². The molecule has 0 unspecified atom stereocenters. The van der Waals surface area contributed by atoms with Crippen molar-refractivity contribution in [2.24, 2.45) is 5.73 Å². The van der Waals surface area contributed by atoms with E-state index in [1.165, 1.54) is 0 Å². The summed E-state index contributed by atoms with van der Waals surface area (Å²) in [6, 6.07) is 31.5. The van der Waals surface area contributed by atoms with E-state index in [9.17, 15) is 10.1 Å². The van der Waals surface area contributed by atoms with Gasteiger partial charge >= 0.3 is 0 Å². The molecule has 0 fully saturated rings. The lowest BCUT2D eigenvalue weighted by atomic mass is 9.96. The molecule has 3 aromatic carbocycles. The van der Waals surface area contributed by atoms with Gasteiger partial charge in [-0.1, -0.05) is 78.4 Å². The minimum atomic E-state index is -0.658. The number of carbonyl (C=O) groups excluding carboxylic acids is 1. The van der Waals surface area contributed by atoms with Gasteiger partial charge in [-0.3, -0.25) is 4.79 Å². The number of pyridine rings is 1. The molecule has 37 heavy (non-hydrogen) atoms. The number of nitriles is 1. The summed E-state index contributed by atoms with van der Waals surface area (Å²) < 4.78 is 7.43. The van der Waals surface area contributed by atoms with E-state index in [2.05, 4.69) is 11.1 Å². The summed E-state index contributed by atoms with van der Waals surface area (Å²) in [6.07, 6.45) is 1.89. The van der Waals surface area contributed by atoms with E-state index in [1.54, 1.807) is 4.68 Å². The van der Waals surface area contributed by atoms with Crippen LogP contribution in [-0.2, 0) is 4.79 Å². The van der Waals surface area contributed by atoms with Gasteiger partial charge in [0.05, 0.1) is 11.4 Å². The van der Waals surface area contributed by atoms with Gasteiger partial charge in [0, 0.05) is 28.5 Å². The summed E-state index contributed by atoms with van der Waals surface area (Å²) in [4.78, 5) is 16.1. The van der Waals surface area contributed by atoms with Crippen LogP contribution < -0.4 is 10.5 Å². The molecular formula is C30H23N5O2. The molecule has 7 heteroatoms. The fraction of sp³-hybridized carbons (Fsp3) is 0.0667. The Bertz CT molecular complexity index is 1600. The average Bonchev–Trinajstić information content (AvgIpc) is 3.38. The first-order valence-corrected chi connectivity index (χ1v) is 11.7. The zero-order valence-electron chi connectivity index (χ0n) is 20.1. The van der Waals surface area contributed by atoms with Gasteiger partial charge < -0.3 is 10.5 Å². The Kier molecular flexibility index (Phi) is 6.47. The topological polar surface area (TPSA) is 107 Å². The fourth-order valence-corrected chi connectivity index (χ4v) is 4.05. The van der Waals surface area contributed by atoms with Gasteiger partial charge in [-0.15, -0.1) is 0 Å². The molecule has 7 nitrogen and oxygen atoms in total. The Hall–Kier alpha value is -5.22. The van der Waals surface area contributed by atoms with Crippen molar-refractivity contribution in [2.75, 3.05) is 6.61 Å². The Morgan fingerprint density at radius 3 is 2.27 bits per heavy atom. The molecule has 5 rings (SSSR count). The van der Waals surface area contributed by atoms with Crippen LogP contribution in [0.1, 0.15) is 11.1 Å². The highest BCUT2D eigenvalue weighted by molar-refractivity contribution is 5.87. The molecule has 0 spiro atoms. The van der Waals surface area contributed by atoms with Crippen LogP contribution in [0.15, 0.2) is 97.2 Å². The Morgan fingerprint density at radius 1 is 0.946 bits per heavy atom. The lowest BCUT2D eigenvalue weighted by Crippen LogP contribution is -2.21. The van der Waals surface area contributed by atoms with E-state index in [0.29, 0.717) is 17.0 Å². The molecule has 0 saturated carbocycles. The highest BCUT2D eigenvalue weighted by Gasteiger charge is 2.22. The molecule has 0 aliphatic rings. The largest absolute Gasteiger partial charge is 0.467 e. The standard InChI is InChI=1S/C30H23N5O2/c1-20-12-14-21(15-13-20)27-16-24(25(17-31)30(33-27)37-19-28(32)36)26-18-35(23-10-6-3-7-11-23)34-29(26)22-8-4-2-5-9-22/h2-16,18H,19H2,1H3,(H2,32,36). The zero-order chi connectivity index (χ0) is 25.8. The van der Waals surface area contributed by atoms with E-state index in [-0.39, 0.29) is 11.4 Å². The van der Waals surface area contributed by atoms with Gasteiger partial charge in [0.25, 0.3) is 5.91 Å². The Labute approximate surface area is 214 Å². The number of hydrogen-bond acceptors (Lipinski definition) is 5. The molecule has 2 heterocycles. The van der Waals surface area contributed by atoms with Crippen LogP contribution >= 0.6 is 0 Å². The van der Waals surface area contributed by atoms with Crippen molar-refractivity contribution >= 4 is 5.91 Å². The lowest BCUT2D eigenvalue weighted by Gasteiger charge is -2.13. The van der Waals surface area contributed by atoms with Crippen LogP contribution in [0.4, 0.5) is 0 Å². The third-order valence-electron chi connectivity index (χ3n) is 5.87. The highest BCUT2D eigenvalue weighted by Crippen LogP contribution is 2.38. The molecule has 5 aromatic rings. The maximum absolute atomic E-state index is 11.5. The van der Waals surface area contributed by atoms with Gasteiger partial charge in [0.1, 0.15) is 17.3 Å². The monoisotopic (exact) mass is 485 g/mol. The van der Waals surface area contributed by atoms with E-state index in [4.69, 9.17) is 15.6 Å². The highest BCUT2D eigenvalue weighted by atomic mass is 16.5. The number of amides is 1. The van der Waals surface area contributed by atoms with Crippen LogP contribution in [0.2, 0.25) is 0 Å². The van der Waals surface area contributed by atoms with Crippen molar-refractivity contribution in [3.63, 3.8) is 0 Å². The first-order valence-electron chi connectivity index (χ1n) is 11.7. The number of para-hydroxylation sites is 1. The van der Waals surface area contributed by atoms with Crippen molar-refractivity contribution in [2.45, 2.75) is 6.92 Å². The molecule has 180 valence electrons. The van der Waals surface area contributed by atoms with Crippen LogP contribution in [0.25, 0.3) is 39.3 Å². The second-order valence-electron chi connectivity index (χ2n) is 8.51. The molecule has 0 radical (unpaired) electrons. The number of aryl methyl sites for hydroxylation is 1. The number of ether oxygens (including phenoxy) is 1. The summed E-state index contributed by atoms with van der Waals surface area (Å²) in [5, 5.41) is 15.1. The predicted molar refractivity (Wildman–Crippen MR) is 142 cm³/mol. The normalized spacial score (nSPS) is 10.6. The number of primary amides is 1. The predicted octanol–water partition coefficient (Wildman–Crippen LogP) is 5.31. The summed E-state index contributed by atoms with van der Waals surface area (Å²) >= 11 is 0. The third kappa shape index (κ3) is 4.95. The minimum Gasteiger partial charge on any atom is -0.467 e. The number of benzene rings is 3. The van der Waals surface area contributed by atoms with Crippen LogP contribution in [0.5, 0.6) is 5.88 Å². The fourth-order valence-electron chi connectivity index (χ4n) is 4.05. The second-order valence-corrected chi connectivity index (χ2v) is 8.51. The number of rotatable bonds is 7. The smallest absolute Gasteiger partial charge is 0.255 e. The molecule has 0 atom stereocenters. The second kappa shape index (κ2) is 10.2. The quantitative estimate of drug-likeness (QED) is 0.336. The zero-order valence-corrected chi connectivity index (χ0v) is 20.1. The molecule has 2 N–H and O–H groups in total. The molecule has 0 saturated heterocycles. The molecular weight excluding hydrogens is 462 g/mol. The number of aromatic nitrogens is 3. The van der Waals surface area contributed by atoms with Gasteiger partial charge in [0.2, 0.25) is 5.88 Å². The summed E-state index contributed by atoms with van der Waals surface area (Å²) in [6.45, 7) is 1.61. The van der Waals surface area contributed by atoms with Gasteiger partial charge in [0.15, 0.2) is 6.61 Å². The van der Waals surface area contributed by atoms with Crippen LogP contribution in [0, 0.1) is 18.3 Å². The Balaban J connectivity index is 1.78. The molecule has 0 bridgehead atoms. The number of hydrogen-bond donors (Lipinski definition) is 1. The summed E-state index contributed by atoms with van der Waals surface area (Å²) in [7, 11) is 0. The maximum atomic E-state index is 11.5. The minimum absolute atomic E-state index is 0.0425. The van der Waals surface area contributed by atoms with Crippen molar-refractivity contribution in [1.82, 2.24) is 14.8 Å². The summed E-state index contributed by atoms with van der Waals surface area (Å²) in [5.41, 5.74) is 11.9. The molecule has 2 aromatic heterocycles. The maximum Gasteiger partial charge on any atom is 0.255 e. The SMILES string of the molecule is Cc1ccc(-c2cc(-c3cn(-c4ccccc4)nc3-c3ccccc3)c(C#N)c(OCC(N)=O)n2)cc1. The van der Waals surface area contributed by atoms with Crippen molar-refractivity contribution < 1.29 is 9.53 Å².